The maximum Gasteiger partial charge on any atom is 0.338 e. The molecule has 0 aliphatic carbocycles. The van der Waals surface area contributed by atoms with E-state index < -0.39 is 24.3 Å². The Morgan fingerprint density at radius 3 is 2.45 bits per heavy atom. The van der Waals surface area contributed by atoms with Crippen LogP contribution in [0.3, 0.4) is 0 Å². The summed E-state index contributed by atoms with van der Waals surface area (Å²) in [6.07, 6.45) is -0.804. The fourth-order valence-electron chi connectivity index (χ4n) is 3.49. The molecule has 8 nitrogen and oxygen atoms in total. The fraction of sp³-hybridized carbons (Fsp3) is 0.348. The highest BCUT2D eigenvalue weighted by atomic mass is 16.8. The summed E-state index contributed by atoms with van der Waals surface area (Å²) in [7, 11) is 3.75. The highest BCUT2D eigenvalue weighted by Gasteiger charge is 2.43. The van der Waals surface area contributed by atoms with Crippen molar-refractivity contribution in [3.8, 4) is 0 Å². The molecule has 1 aliphatic rings. The standard InChI is InChI=1S/C23H26N2O6/c1-15-13-19(25(2)3)20(30-22(28)16-9-5-4-6-10-16)23(29-15)31-24-21(27)18-12-8-7-11-17(18)14-26/h4-12,14-15,19-20,23H,13H2,1-3H3,(H,24,27)/t15-,19+,20-,23-/m1/s1. The Morgan fingerprint density at radius 1 is 1.10 bits per heavy atom. The van der Waals surface area contributed by atoms with Crippen LogP contribution in [0.25, 0.3) is 0 Å². The van der Waals surface area contributed by atoms with Gasteiger partial charge >= 0.3 is 5.97 Å². The van der Waals surface area contributed by atoms with Crippen LogP contribution in [0.4, 0.5) is 0 Å². The first-order valence-electron chi connectivity index (χ1n) is 9.98. The molecule has 8 heteroatoms. The van der Waals surface area contributed by atoms with E-state index in [2.05, 4.69) is 5.48 Å². The van der Waals surface area contributed by atoms with E-state index in [1.54, 1.807) is 36.4 Å². The van der Waals surface area contributed by atoms with Crippen LogP contribution in [-0.2, 0) is 14.3 Å². The molecule has 1 amide bonds. The Balaban J connectivity index is 1.77. The molecule has 1 aliphatic heterocycles. The van der Waals surface area contributed by atoms with Gasteiger partial charge < -0.3 is 14.4 Å². The van der Waals surface area contributed by atoms with Gasteiger partial charge in [-0.3, -0.25) is 9.59 Å². The Hall–Kier alpha value is -3.07. The first-order valence-corrected chi connectivity index (χ1v) is 9.98. The zero-order valence-corrected chi connectivity index (χ0v) is 17.7. The maximum absolute atomic E-state index is 12.7. The number of nitrogens with one attached hydrogen (secondary N) is 1. The number of ether oxygens (including phenoxy) is 2. The van der Waals surface area contributed by atoms with E-state index in [-0.39, 0.29) is 23.3 Å². The van der Waals surface area contributed by atoms with Crippen LogP contribution >= 0.6 is 0 Å². The lowest BCUT2D eigenvalue weighted by Gasteiger charge is -2.42. The van der Waals surface area contributed by atoms with Crippen LogP contribution in [-0.4, -0.2) is 61.7 Å². The molecule has 3 rings (SSSR count). The van der Waals surface area contributed by atoms with Gasteiger partial charge in [0, 0.05) is 5.56 Å². The van der Waals surface area contributed by atoms with Gasteiger partial charge in [0.15, 0.2) is 12.4 Å². The van der Waals surface area contributed by atoms with E-state index in [1.807, 2.05) is 32.0 Å². The Kier molecular flexibility index (Phi) is 7.51. The molecule has 31 heavy (non-hydrogen) atoms. The summed E-state index contributed by atoms with van der Waals surface area (Å²) in [6.45, 7) is 1.88. The van der Waals surface area contributed by atoms with Crippen LogP contribution in [0, 0.1) is 0 Å². The van der Waals surface area contributed by atoms with Crippen LogP contribution in [0.2, 0.25) is 0 Å². The van der Waals surface area contributed by atoms with Crippen molar-refractivity contribution in [1.82, 2.24) is 10.4 Å². The number of hydrogen-bond donors (Lipinski definition) is 1. The zero-order chi connectivity index (χ0) is 22.4. The van der Waals surface area contributed by atoms with Gasteiger partial charge in [-0.25, -0.2) is 15.1 Å². The number of carbonyl (C=O) groups is 3. The first-order chi connectivity index (χ1) is 14.9. The van der Waals surface area contributed by atoms with Crippen LogP contribution in [0.5, 0.6) is 0 Å². The minimum Gasteiger partial charge on any atom is -0.452 e. The molecule has 0 bridgehead atoms. The highest BCUT2D eigenvalue weighted by Crippen LogP contribution is 2.27. The van der Waals surface area contributed by atoms with Crippen molar-refractivity contribution in [3.63, 3.8) is 0 Å². The van der Waals surface area contributed by atoms with Gasteiger partial charge in [-0.15, -0.1) is 0 Å². The average Bonchev–Trinajstić information content (AvgIpc) is 2.78. The van der Waals surface area contributed by atoms with Crippen LogP contribution in [0.1, 0.15) is 44.4 Å². The lowest BCUT2D eigenvalue weighted by molar-refractivity contribution is -0.266. The molecule has 1 fully saturated rings. The third-order valence-corrected chi connectivity index (χ3v) is 5.10. The van der Waals surface area contributed by atoms with Gasteiger partial charge in [-0.1, -0.05) is 36.4 Å². The highest BCUT2D eigenvalue weighted by molar-refractivity contribution is 6.00. The molecule has 0 unspecified atom stereocenters. The van der Waals surface area contributed by atoms with Gasteiger partial charge in [-0.05, 0) is 45.6 Å². The van der Waals surface area contributed by atoms with Crippen molar-refractivity contribution >= 4 is 18.2 Å². The topological polar surface area (TPSA) is 94.2 Å². The molecule has 1 N–H and O–H groups in total. The average molecular weight is 426 g/mol. The number of benzene rings is 2. The molecule has 0 saturated carbocycles. The maximum atomic E-state index is 12.7. The molecular formula is C23H26N2O6. The van der Waals surface area contributed by atoms with Crippen molar-refractivity contribution in [1.29, 1.82) is 0 Å². The van der Waals surface area contributed by atoms with E-state index in [1.165, 1.54) is 12.1 Å². The predicted octanol–water partition coefficient (Wildman–Crippen LogP) is 2.45. The number of amides is 1. The smallest absolute Gasteiger partial charge is 0.338 e. The fourth-order valence-corrected chi connectivity index (χ4v) is 3.49. The summed E-state index contributed by atoms with van der Waals surface area (Å²) in [6, 6.07) is 14.8. The van der Waals surface area contributed by atoms with Gasteiger partial charge in [0.2, 0.25) is 6.29 Å². The van der Waals surface area contributed by atoms with Crippen LogP contribution in [0.15, 0.2) is 54.6 Å². The van der Waals surface area contributed by atoms with Crippen molar-refractivity contribution in [2.45, 2.75) is 37.9 Å². The monoisotopic (exact) mass is 426 g/mol. The minimum atomic E-state index is -1.03. The molecule has 2 aromatic rings. The van der Waals surface area contributed by atoms with Gasteiger partial charge in [0.05, 0.1) is 23.3 Å². The SMILES string of the molecule is C[C@@H]1C[C@H](N(C)C)[C@@H](OC(=O)c2ccccc2)[C@@H](ONC(=O)c2ccccc2C=O)O1. The Labute approximate surface area is 181 Å². The third kappa shape index (κ3) is 5.55. The van der Waals surface area contributed by atoms with Gasteiger partial charge in [0.25, 0.3) is 5.91 Å². The molecule has 1 heterocycles. The number of aldehydes is 1. The summed E-state index contributed by atoms with van der Waals surface area (Å²) in [5.74, 6) is -1.11. The number of likely N-dealkylation sites (N-methyl/N-ethyl adjacent to an activating group) is 1. The van der Waals surface area contributed by atoms with E-state index in [9.17, 15) is 14.4 Å². The number of nitrogens with zero attached hydrogens (tertiary/aromatic N) is 1. The summed E-state index contributed by atoms with van der Waals surface area (Å²) in [5.41, 5.74) is 3.14. The lowest BCUT2D eigenvalue weighted by atomic mass is 9.99. The van der Waals surface area contributed by atoms with Crippen molar-refractivity contribution in [2.75, 3.05) is 14.1 Å². The second kappa shape index (κ2) is 10.3. The number of hydroxylamine groups is 1. The van der Waals surface area contributed by atoms with E-state index in [0.717, 1.165) is 0 Å². The largest absolute Gasteiger partial charge is 0.452 e. The second-order valence-electron chi connectivity index (χ2n) is 7.57. The number of carbonyl (C=O) groups excluding carboxylic acids is 3. The number of esters is 1. The van der Waals surface area contributed by atoms with E-state index in [0.29, 0.717) is 18.3 Å². The van der Waals surface area contributed by atoms with Crippen LogP contribution < -0.4 is 5.48 Å². The molecule has 2 aromatic carbocycles. The van der Waals surface area contributed by atoms with Gasteiger partial charge in [-0.2, -0.15) is 0 Å². The van der Waals surface area contributed by atoms with E-state index in [4.69, 9.17) is 14.3 Å². The van der Waals surface area contributed by atoms with Crippen molar-refractivity contribution < 1.29 is 28.7 Å². The normalized spacial score (nSPS) is 23.2. The summed E-state index contributed by atoms with van der Waals surface area (Å²) >= 11 is 0. The molecular weight excluding hydrogens is 400 g/mol. The molecule has 0 spiro atoms. The third-order valence-electron chi connectivity index (χ3n) is 5.10. The lowest BCUT2D eigenvalue weighted by Crippen LogP contribution is -2.57. The second-order valence-corrected chi connectivity index (χ2v) is 7.57. The number of rotatable bonds is 7. The van der Waals surface area contributed by atoms with Crippen molar-refractivity contribution in [2.24, 2.45) is 0 Å². The van der Waals surface area contributed by atoms with Gasteiger partial charge in [0.1, 0.15) is 0 Å². The summed E-state index contributed by atoms with van der Waals surface area (Å²) < 4.78 is 11.6. The molecule has 4 atom stereocenters. The molecule has 0 radical (unpaired) electrons. The molecule has 164 valence electrons. The summed E-state index contributed by atoms with van der Waals surface area (Å²) in [4.78, 5) is 43.9. The minimum absolute atomic E-state index is 0.170. The predicted molar refractivity (Wildman–Crippen MR) is 112 cm³/mol. The van der Waals surface area contributed by atoms with E-state index >= 15 is 0 Å². The molecule has 1 saturated heterocycles. The number of hydrogen-bond acceptors (Lipinski definition) is 7. The van der Waals surface area contributed by atoms with Crippen molar-refractivity contribution in [3.05, 3.63) is 71.3 Å². The quantitative estimate of drug-likeness (QED) is 0.413. The summed E-state index contributed by atoms with van der Waals surface area (Å²) in [5, 5.41) is 0. The Morgan fingerprint density at radius 2 is 1.77 bits per heavy atom. The Bertz CT molecular complexity index is 917. The molecule has 0 aromatic heterocycles. The zero-order valence-electron chi connectivity index (χ0n) is 17.7. The first kappa shape index (κ1) is 22.6.